The van der Waals surface area contributed by atoms with Crippen molar-refractivity contribution in [2.75, 3.05) is 0 Å². The van der Waals surface area contributed by atoms with Gasteiger partial charge in [-0.05, 0) is 18.8 Å². The Morgan fingerprint density at radius 1 is 1.70 bits per heavy atom. The molecule has 1 aliphatic rings. The van der Waals surface area contributed by atoms with E-state index in [2.05, 4.69) is 0 Å². The predicted octanol–water partition coefficient (Wildman–Crippen LogP) is 2.10. The molecule has 1 saturated carbocycles. The van der Waals surface area contributed by atoms with E-state index in [4.69, 9.17) is 0 Å². The van der Waals surface area contributed by atoms with Crippen molar-refractivity contribution in [1.82, 2.24) is 0 Å². The van der Waals surface area contributed by atoms with Gasteiger partial charge in [0.15, 0.2) is 12.0 Å². The smallest absolute Gasteiger partial charge is 0.166 e. The van der Waals surface area contributed by atoms with Crippen molar-refractivity contribution >= 4 is 5.78 Å². The van der Waals surface area contributed by atoms with Crippen LogP contribution in [-0.2, 0) is 4.79 Å². The topological polar surface area (TPSA) is 17.1 Å². The van der Waals surface area contributed by atoms with Crippen molar-refractivity contribution in [3.63, 3.8) is 0 Å². The number of Topliss-reactive ketones (excluding diaryl/α,β-unsaturated/α-hetero) is 1. The second kappa shape index (κ2) is 3.13. The molecular formula is C8H13FO. The van der Waals surface area contributed by atoms with E-state index in [-0.39, 0.29) is 5.78 Å². The van der Waals surface area contributed by atoms with E-state index < -0.39 is 6.17 Å². The standard InChI is InChI=1S/C8H13FO/c1-2-6-3-4-8(10)7(9)5-6/h6-7H,2-5H2,1H3/t6-,7-/m0/s1. The fraction of sp³-hybridized carbons (Fsp3) is 0.875. The van der Waals surface area contributed by atoms with E-state index in [1.165, 1.54) is 0 Å². The van der Waals surface area contributed by atoms with Crippen LogP contribution >= 0.6 is 0 Å². The molecule has 10 heavy (non-hydrogen) atoms. The first-order valence-corrected chi connectivity index (χ1v) is 3.90. The fourth-order valence-corrected chi connectivity index (χ4v) is 1.42. The van der Waals surface area contributed by atoms with Gasteiger partial charge in [-0.15, -0.1) is 0 Å². The minimum atomic E-state index is -1.15. The highest BCUT2D eigenvalue weighted by Gasteiger charge is 2.26. The zero-order chi connectivity index (χ0) is 7.56. The number of carbonyl (C=O) groups is 1. The summed E-state index contributed by atoms with van der Waals surface area (Å²) in [5, 5.41) is 0. The summed E-state index contributed by atoms with van der Waals surface area (Å²) >= 11 is 0. The maximum atomic E-state index is 12.7. The van der Waals surface area contributed by atoms with E-state index in [0.29, 0.717) is 18.8 Å². The lowest BCUT2D eigenvalue weighted by Crippen LogP contribution is -2.25. The predicted molar refractivity (Wildman–Crippen MR) is 37.5 cm³/mol. The number of alkyl halides is 1. The van der Waals surface area contributed by atoms with Crippen molar-refractivity contribution in [1.29, 1.82) is 0 Å². The lowest BCUT2D eigenvalue weighted by molar-refractivity contribution is -0.126. The quantitative estimate of drug-likeness (QED) is 0.550. The van der Waals surface area contributed by atoms with Crippen molar-refractivity contribution in [2.45, 2.75) is 38.8 Å². The molecule has 1 nitrogen and oxygen atoms in total. The molecule has 0 aromatic heterocycles. The molecule has 1 rings (SSSR count). The van der Waals surface area contributed by atoms with Gasteiger partial charge in [-0.25, -0.2) is 4.39 Å². The first kappa shape index (κ1) is 7.70. The normalized spacial score (nSPS) is 34.4. The lowest BCUT2D eigenvalue weighted by Gasteiger charge is -2.21. The molecule has 2 atom stereocenters. The molecule has 0 bridgehead atoms. The van der Waals surface area contributed by atoms with Gasteiger partial charge in [0, 0.05) is 6.42 Å². The number of rotatable bonds is 1. The first-order chi connectivity index (χ1) is 4.74. The van der Waals surface area contributed by atoms with Crippen LogP contribution in [0, 0.1) is 5.92 Å². The van der Waals surface area contributed by atoms with Crippen LogP contribution in [-0.4, -0.2) is 12.0 Å². The van der Waals surface area contributed by atoms with Crippen LogP contribution in [0.15, 0.2) is 0 Å². The highest BCUT2D eigenvalue weighted by atomic mass is 19.1. The zero-order valence-corrected chi connectivity index (χ0v) is 6.27. The molecule has 0 heterocycles. The Balaban J connectivity index is 2.40. The first-order valence-electron chi connectivity index (χ1n) is 3.90. The molecular weight excluding hydrogens is 131 g/mol. The van der Waals surface area contributed by atoms with Crippen molar-refractivity contribution in [2.24, 2.45) is 5.92 Å². The Morgan fingerprint density at radius 2 is 2.40 bits per heavy atom. The second-order valence-corrected chi connectivity index (χ2v) is 2.98. The number of carbonyl (C=O) groups excluding carboxylic acids is 1. The average molecular weight is 144 g/mol. The SMILES string of the molecule is CC[C@H]1CCC(=O)[C@@H](F)C1. The monoisotopic (exact) mass is 144 g/mol. The molecule has 1 fully saturated rings. The summed E-state index contributed by atoms with van der Waals surface area (Å²) in [5.41, 5.74) is 0. The number of halogens is 1. The molecule has 0 aromatic carbocycles. The van der Waals surface area contributed by atoms with E-state index >= 15 is 0 Å². The molecule has 58 valence electrons. The average Bonchev–Trinajstić information content (AvgIpc) is 1.95. The third-order valence-corrected chi connectivity index (χ3v) is 2.27. The van der Waals surface area contributed by atoms with E-state index in [1.54, 1.807) is 0 Å². The van der Waals surface area contributed by atoms with Crippen molar-refractivity contribution in [3.8, 4) is 0 Å². The fourth-order valence-electron chi connectivity index (χ4n) is 1.42. The molecule has 0 unspecified atom stereocenters. The third kappa shape index (κ3) is 1.55. The van der Waals surface area contributed by atoms with Crippen molar-refractivity contribution in [3.05, 3.63) is 0 Å². The van der Waals surface area contributed by atoms with Gasteiger partial charge in [0.2, 0.25) is 0 Å². The summed E-state index contributed by atoms with van der Waals surface area (Å²) in [4.78, 5) is 10.7. The van der Waals surface area contributed by atoms with Crippen LogP contribution in [0.3, 0.4) is 0 Å². The Morgan fingerprint density at radius 3 is 2.90 bits per heavy atom. The van der Waals surface area contributed by atoms with Gasteiger partial charge in [0.25, 0.3) is 0 Å². The zero-order valence-electron chi connectivity index (χ0n) is 6.27. The van der Waals surface area contributed by atoms with Crippen LogP contribution in [0.4, 0.5) is 4.39 Å². The second-order valence-electron chi connectivity index (χ2n) is 2.98. The summed E-state index contributed by atoms with van der Waals surface area (Å²) < 4.78 is 12.7. The Hall–Kier alpha value is -0.400. The maximum Gasteiger partial charge on any atom is 0.166 e. The largest absolute Gasteiger partial charge is 0.296 e. The van der Waals surface area contributed by atoms with E-state index in [9.17, 15) is 9.18 Å². The van der Waals surface area contributed by atoms with Gasteiger partial charge in [0.05, 0.1) is 0 Å². The summed E-state index contributed by atoms with van der Waals surface area (Å²) in [7, 11) is 0. The molecule has 0 amide bonds. The van der Waals surface area contributed by atoms with Crippen molar-refractivity contribution < 1.29 is 9.18 Å². The van der Waals surface area contributed by atoms with Crippen LogP contribution in [0.25, 0.3) is 0 Å². The summed E-state index contributed by atoms with van der Waals surface area (Å²) in [6, 6.07) is 0. The van der Waals surface area contributed by atoms with Gasteiger partial charge in [0.1, 0.15) is 0 Å². The number of hydrogen-bond donors (Lipinski definition) is 0. The molecule has 0 N–H and O–H groups in total. The van der Waals surface area contributed by atoms with E-state index in [1.807, 2.05) is 6.92 Å². The van der Waals surface area contributed by atoms with E-state index in [0.717, 1.165) is 12.8 Å². The van der Waals surface area contributed by atoms with Gasteiger partial charge >= 0.3 is 0 Å². The molecule has 0 spiro atoms. The van der Waals surface area contributed by atoms with Gasteiger partial charge < -0.3 is 0 Å². The molecule has 0 aliphatic heterocycles. The van der Waals surface area contributed by atoms with Crippen LogP contribution in [0.2, 0.25) is 0 Å². The summed E-state index contributed by atoms with van der Waals surface area (Å²) in [6.07, 6.45) is 1.68. The summed E-state index contributed by atoms with van der Waals surface area (Å²) in [6.45, 7) is 2.05. The Kier molecular flexibility index (Phi) is 2.41. The highest BCUT2D eigenvalue weighted by molar-refractivity contribution is 5.83. The highest BCUT2D eigenvalue weighted by Crippen LogP contribution is 2.25. The van der Waals surface area contributed by atoms with Crippen LogP contribution in [0.5, 0.6) is 0 Å². The van der Waals surface area contributed by atoms with Gasteiger partial charge in [-0.1, -0.05) is 13.3 Å². The molecule has 0 aromatic rings. The molecule has 2 heteroatoms. The third-order valence-electron chi connectivity index (χ3n) is 2.27. The maximum absolute atomic E-state index is 12.7. The lowest BCUT2D eigenvalue weighted by atomic mass is 9.86. The summed E-state index contributed by atoms with van der Waals surface area (Å²) in [5.74, 6) is 0.261. The van der Waals surface area contributed by atoms with Gasteiger partial charge in [-0.3, -0.25) is 4.79 Å². The van der Waals surface area contributed by atoms with Gasteiger partial charge in [-0.2, -0.15) is 0 Å². The minimum absolute atomic E-state index is 0.190. The number of ketones is 1. The minimum Gasteiger partial charge on any atom is -0.296 e. The molecule has 1 aliphatic carbocycles. The van der Waals surface area contributed by atoms with Crippen LogP contribution in [0.1, 0.15) is 32.6 Å². The number of hydrogen-bond acceptors (Lipinski definition) is 1. The molecule has 0 saturated heterocycles. The Bertz CT molecular complexity index is 133. The Labute approximate surface area is 60.6 Å². The molecule has 0 radical (unpaired) electrons. The van der Waals surface area contributed by atoms with Crippen LogP contribution < -0.4 is 0 Å².